The third-order valence-electron chi connectivity index (χ3n) is 3.52. The number of aryl methyl sites for hydroxylation is 1. The van der Waals surface area contributed by atoms with E-state index in [2.05, 4.69) is 4.72 Å². The zero-order valence-electron chi connectivity index (χ0n) is 13.5. The van der Waals surface area contributed by atoms with E-state index in [0.29, 0.717) is 11.5 Å². The molecule has 124 valence electrons. The average molecular weight is 335 g/mol. The van der Waals surface area contributed by atoms with Crippen LogP contribution in [0.2, 0.25) is 0 Å². The van der Waals surface area contributed by atoms with E-state index in [4.69, 9.17) is 9.47 Å². The topological polar surface area (TPSA) is 64.6 Å². The standard InChI is InChI=1S/C17H21NO4S/c1-13-9-16(21-2)17(22-3)10-15(13)11-18-23(19,20)12-14-7-5-4-6-8-14/h4-10,18H,11-12H2,1-3H3. The van der Waals surface area contributed by atoms with Crippen LogP contribution in [-0.4, -0.2) is 22.6 Å². The summed E-state index contributed by atoms with van der Waals surface area (Å²) in [5, 5.41) is 0. The molecule has 5 nitrogen and oxygen atoms in total. The molecule has 0 heterocycles. The van der Waals surface area contributed by atoms with Crippen LogP contribution in [0.25, 0.3) is 0 Å². The molecule has 6 heteroatoms. The molecule has 1 N–H and O–H groups in total. The largest absolute Gasteiger partial charge is 0.493 e. The minimum absolute atomic E-state index is 0.0415. The molecule has 0 aromatic heterocycles. The maximum atomic E-state index is 12.2. The molecule has 2 aromatic carbocycles. The van der Waals surface area contributed by atoms with Crippen molar-refractivity contribution >= 4 is 10.0 Å². The normalized spacial score (nSPS) is 11.3. The van der Waals surface area contributed by atoms with E-state index < -0.39 is 10.0 Å². The first-order valence-corrected chi connectivity index (χ1v) is 8.83. The Hall–Kier alpha value is -2.05. The predicted octanol–water partition coefficient (Wildman–Crippen LogP) is 2.63. The Morgan fingerprint density at radius 2 is 1.61 bits per heavy atom. The van der Waals surface area contributed by atoms with Crippen LogP contribution in [-0.2, 0) is 22.3 Å². The summed E-state index contributed by atoms with van der Waals surface area (Å²) >= 11 is 0. The van der Waals surface area contributed by atoms with Gasteiger partial charge in [0.15, 0.2) is 11.5 Å². The molecule has 0 saturated carbocycles. The van der Waals surface area contributed by atoms with Gasteiger partial charge < -0.3 is 9.47 Å². The first kappa shape index (κ1) is 17.3. The van der Waals surface area contributed by atoms with Crippen LogP contribution in [0.3, 0.4) is 0 Å². The van der Waals surface area contributed by atoms with Crippen molar-refractivity contribution in [3.8, 4) is 11.5 Å². The van der Waals surface area contributed by atoms with Crippen LogP contribution in [0.4, 0.5) is 0 Å². The van der Waals surface area contributed by atoms with Crippen molar-refractivity contribution in [1.29, 1.82) is 0 Å². The van der Waals surface area contributed by atoms with Crippen molar-refractivity contribution in [3.05, 3.63) is 59.2 Å². The number of rotatable bonds is 7. The number of ether oxygens (including phenoxy) is 2. The van der Waals surface area contributed by atoms with E-state index >= 15 is 0 Å². The molecule has 2 aromatic rings. The van der Waals surface area contributed by atoms with Gasteiger partial charge in [0, 0.05) is 6.54 Å². The summed E-state index contributed by atoms with van der Waals surface area (Å²) in [6, 6.07) is 12.7. The number of sulfonamides is 1. The summed E-state index contributed by atoms with van der Waals surface area (Å²) in [7, 11) is -0.286. The molecule has 0 saturated heterocycles. The molecular formula is C17H21NO4S. The highest BCUT2D eigenvalue weighted by Gasteiger charge is 2.14. The molecule has 23 heavy (non-hydrogen) atoms. The number of nitrogens with one attached hydrogen (secondary N) is 1. The quantitative estimate of drug-likeness (QED) is 0.845. The second-order valence-electron chi connectivity index (χ2n) is 5.20. The third-order valence-corrected chi connectivity index (χ3v) is 4.82. The lowest BCUT2D eigenvalue weighted by atomic mass is 10.1. The van der Waals surface area contributed by atoms with Crippen LogP contribution in [0.5, 0.6) is 11.5 Å². The van der Waals surface area contributed by atoms with Crippen molar-refractivity contribution in [2.45, 2.75) is 19.2 Å². The van der Waals surface area contributed by atoms with E-state index in [9.17, 15) is 8.42 Å². The van der Waals surface area contributed by atoms with Crippen LogP contribution in [0.1, 0.15) is 16.7 Å². The highest BCUT2D eigenvalue weighted by atomic mass is 32.2. The van der Waals surface area contributed by atoms with Crippen molar-refractivity contribution in [3.63, 3.8) is 0 Å². The summed E-state index contributed by atoms with van der Waals surface area (Å²) in [6.45, 7) is 2.12. The Kier molecular flexibility index (Phi) is 5.63. The minimum Gasteiger partial charge on any atom is -0.493 e. The van der Waals surface area contributed by atoms with Gasteiger partial charge in [0.25, 0.3) is 0 Å². The predicted molar refractivity (Wildman–Crippen MR) is 90.2 cm³/mol. The van der Waals surface area contributed by atoms with Crippen molar-refractivity contribution in [2.24, 2.45) is 0 Å². The van der Waals surface area contributed by atoms with Gasteiger partial charge in [0.1, 0.15) is 0 Å². The lowest BCUT2D eigenvalue weighted by Crippen LogP contribution is -2.25. The van der Waals surface area contributed by atoms with E-state index in [1.807, 2.05) is 31.2 Å². The molecular weight excluding hydrogens is 314 g/mol. The van der Waals surface area contributed by atoms with E-state index in [1.54, 1.807) is 32.4 Å². The Balaban J connectivity index is 2.11. The van der Waals surface area contributed by atoms with E-state index in [0.717, 1.165) is 16.7 Å². The van der Waals surface area contributed by atoms with Gasteiger partial charge in [-0.3, -0.25) is 0 Å². The first-order chi connectivity index (χ1) is 10.9. The molecule has 0 unspecified atom stereocenters. The number of hydrogen-bond donors (Lipinski definition) is 1. The fraction of sp³-hybridized carbons (Fsp3) is 0.294. The van der Waals surface area contributed by atoms with E-state index in [-0.39, 0.29) is 12.3 Å². The van der Waals surface area contributed by atoms with Gasteiger partial charge >= 0.3 is 0 Å². The fourth-order valence-electron chi connectivity index (χ4n) is 2.25. The van der Waals surface area contributed by atoms with Crippen LogP contribution in [0.15, 0.2) is 42.5 Å². The van der Waals surface area contributed by atoms with Gasteiger partial charge in [-0.15, -0.1) is 0 Å². The summed E-state index contributed by atoms with van der Waals surface area (Å²) in [5.41, 5.74) is 2.54. The molecule has 2 rings (SSSR count). The maximum Gasteiger partial charge on any atom is 0.216 e. The Morgan fingerprint density at radius 3 is 2.22 bits per heavy atom. The molecule has 0 amide bonds. The SMILES string of the molecule is COc1cc(C)c(CNS(=O)(=O)Cc2ccccc2)cc1OC. The molecule has 0 spiro atoms. The van der Waals surface area contributed by atoms with Crippen LogP contribution >= 0.6 is 0 Å². The van der Waals surface area contributed by atoms with Crippen molar-refractivity contribution in [2.75, 3.05) is 14.2 Å². The smallest absolute Gasteiger partial charge is 0.216 e. The summed E-state index contributed by atoms with van der Waals surface area (Å²) in [6.07, 6.45) is 0. The van der Waals surface area contributed by atoms with Gasteiger partial charge in [0.2, 0.25) is 10.0 Å². The lowest BCUT2D eigenvalue weighted by Gasteiger charge is -2.13. The molecule has 0 aliphatic rings. The monoisotopic (exact) mass is 335 g/mol. The van der Waals surface area contributed by atoms with Gasteiger partial charge in [-0.25, -0.2) is 13.1 Å². The van der Waals surface area contributed by atoms with Crippen LogP contribution in [0, 0.1) is 6.92 Å². The molecule has 0 atom stereocenters. The number of methoxy groups -OCH3 is 2. The van der Waals surface area contributed by atoms with Crippen LogP contribution < -0.4 is 14.2 Å². The average Bonchev–Trinajstić information content (AvgIpc) is 2.54. The summed E-state index contributed by atoms with van der Waals surface area (Å²) in [4.78, 5) is 0. The Morgan fingerprint density at radius 1 is 1.00 bits per heavy atom. The van der Waals surface area contributed by atoms with Gasteiger partial charge in [-0.2, -0.15) is 0 Å². The number of benzene rings is 2. The molecule has 0 bridgehead atoms. The number of hydrogen-bond acceptors (Lipinski definition) is 4. The lowest BCUT2D eigenvalue weighted by molar-refractivity contribution is 0.354. The first-order valence-electron chi connectivity index (χ1n) is 7.18. The zero-order valence-corrected chi connectivity index (χ0v) is 14.3. The van der Waals surface area contributed by atoms with Gasteiger partial charge in [-0.05, 0) is 35.7 Å². The second-order valence-corrected chi connectivity index (χ2v) is 7.01. The third kappa shape index (κ3) is 4.71. The molecule has 0 aliphatic heterocycles. The maximum absolute atomic E-state index is 12.2. The summed E-state index contributed by atoms with van der Waals surface area (Å²) < 4.78 is 37.5. The molecule has 0 aliphatic carbocycles. The Bertz CT molecular complexity index is 758. The molecule has 0 fully saturated rings. The van der Waals surface area contributed by atoms with Gasteiger partial charge in [0.05, 0.1) is 20.0 Å². The molecule has 0 radical (unpaired) electrons. The highest BCUT2D eigenvalue weighted by Crippen LogP contribution is 2.30. The Labute approximate surface area is 137 Å². The fourth-order valence-corrected chi connectivity index (χ4v) is 3.35. The van der Waals surface area contributed by atoms with Crippen molar-refractivity contribution in [1.82, 2.24) is 4.72 Å². The minimum atomic E-state index is -3.41. The zero-order chi connectivity index (χ0) is 16.9. The summed E-state index contributed by atoms with van der Waals surface area (Å²) in [5.74, 6) is 1.16. The highest BCUT2D eigenvalue weighted by molar-refractivity contribution is 7.88. The van der Waals surface area contributed by atoms with Gasteiger partial charge in [-0.1, -0.05) is 30.3 Å². The second kappa shape index (κ2) is 7.48. The van der Waals surface area contributed by atoms with Crippen molar-refractivity contribution < 1.29 is 17.9 Å². The van der Waals surface area contributed by atoms with E-state index in [1.165, 1.54) is 0 Å².